The van der Waals surface area contributed by atoms with Crippen LogP contribution in [0.15, 0.2) is 48.0 Å². The van der Waals surface area contributed by atoms with Gasteiger partial charge in [-0.2, -0.15) is 0 Å². The van der Waals surface area contributed by atoms with Crippen molar-refractivity contribution in [1.82, 2.24) is 4.90 Å². The van der Waals surface area contributed by atoms with Crippen molar-refractivity contribution in [1.29, 1.82) is 0 Å². The fourth-order valence-electron chi connectivity index (χ4n) is 4.22. The summed E-state index contributed by atoms with van der Waals surface area (Å²) in [5.74, 6) is -1.48. The first kappa shape index (κ1) is 21.8. The highest BCUT2D eigenvalue weighted by Crippen LogP contribution is 2.44. The van der Waals surface area contributed by atoms with Crippen LogP contribution in [0.4, 0.5) is 4.39 Å². The first-order valence-electron chi connectivity index (χ1n) is 10.3. The summed E-state index contributed by atoms with van der Waals surface area (Å²) in [5, 5.41) is 11.1. The molecule has 0 aliphatic carbocycles. The zero-order valence-electron chi connectivity index (χ0n) is 17.8. The van der Waals surface area contributed by atoms with E-state index in [1.54, 1.807) is 18.2 Å². The third kappa shape index (κ3) is 3.93. The highest BCUT2D eigenvalue weighted by Gasteiger charge is 2.48. The Hall–Kier alpha value is -3.39. The van der Waals surface area contributed by atoms with Gasteiger partial charge in [0.15, 0.2) is 0 Å². The molecule has 2 saturated heterocycles. The number of carbonyl (C=O) groups is 2. The van der Waals surface area contributed by atoms with E-state index in [0.29, 0.717) is 23.7 Å². The number of nitrogens with zero attached hydrogens (tertiary/aromatic N) is 1. The molecule has 7 nitrogen and oxygen atoms in total. The topological polar surface area (TPSA) is 85.3 Å². The normalized spacial score (nSPS) is 22.4. The number of aliphatic hydroxyl groups is 1. The van der Waals surface area contributed by atoms with Crippen LogP contribution in [-0.2, 0) is 14.3 Å². The number of halogens is 1. The van der Waals surface area contributed by atoms with Crippen LogP contribution in [0.1, 0.15) is 30.0 Å². The van der Waals surface area contributed by atoms with Crippen LogP contribution >= 0.6 is 0 Å². The second kappa shape index (κ2) is 9.00. The van der Waals surface area contributed by atoms with E-state index >= 15 is 0 Å². The van der Waals surface area contributed by atoms with Gasteiger partial charge in [-0.1, -0.05) is 0 Å². The number of methoxy groups -OCH3 is 2. The molecule has 32 heavy (non-hydrogen) atoms. The zero-order valence-corrected chi connectivity index (χ0v) is 17.8. The number of amides is 1. The molecule has 0 radical (unpaired) electrons. The molecule has 1 N–H and O–H groups in total. The van der Waals surface area contributed by atoms with E-state index in [9.17, 15) is 19.1 Å². The van der Waals surface area contributed by atoms with Crippen molar-refractivity contribution in [3.8, 4) is 11.5 Å². The standard InChI is InChI=1S/C24H24FNO6/c1-30-16-9-10-19(31-2)18(12-16)21-20(22(27)14-5-7-15(25)8-6-14)23(28)24(29)26(21)13-17-4-3-11-32-17/h5-10,12,17,21,27H,3-4,11,13H2,1-2H3. The van der Waals surface area contributed by atoms with Crippen molar-refractivity contribution < 1.29 is 33.3 Å². The van der Waals surface area contributed by atoms with Crippen molar-refractivity contribution in [3.05, 3.63) is 65.0 Å². The number of Topliss-reactive ketones (excluding diaryl/α,β-unsaturated/α-hetero) is 1. The van der Waals surface area contributed by atoms with Gasteiger partial charge in [-0.05, 0) is 55.3 Å². The molecule has 0 bridgehead atoms. The molecule has 0 saturated carbocycles. The summed E-state index contributed by atoms with van der Waals surface area (Å²) in [5.41, 5.74) is 0.632. The Morgan fingerprint density at radius 1 is 1.16 bits per heavy atom. The molecule has 2 heterocycles. The molecule has 0 spiro atoms. The number of likely N-dealkylation sites (tertiary alicyclic amines) is 1. The summed E-state index contributed by atoms with van der Waals surface area (Å²) in [4.78, 5) is 27.6. The minimum absolute atomic E-state index is 0.0915. The summed E-state index contributed by atoms with van der Waals surface area (Å²) in [6, 6.07) is 9.21. The summed E-state index contributed by atoms with van der Waals surface area (Å²) in [6.07, 6.45) is 1.43. The van der Waals surface area contributed by atoms with E-state index in [1.807, 2.05) is 0 Å². The molecule has 4 rings (SSSR count). The van der Waals surface area contributed by atoms with Crippen LogP contribution in [-0.4, -0.2) is 55.2 Å². The molecule has 2 aromatic carbocycles. The van der Waals surface area contributed by atoms with Crippen LogP contribution < -0.4 is 9.47 Å². The Morgan fingerprint density at radius 2 is 1.91 bits per heavy atom. The molecule has 0 aromatic heterocycles. The molecular formula is C24H24FNO6. The van der Waals surface area contributed by atoms with E-state index < -0.39 is 23.5 Å². The average Bonchev–Trinajstić information content (AvgIpc) is 3.41. The average molecular weight is 441 g/mol. The third-order valence-corrected chi connectivity index (χ3v) is 5.81. The Balaban J connectivity index is 1.89. The molecular weight excluding hydrogens is 417 g/mol. The molecule has 2 aliphatic heterocycles. The molecule has 2 unspecified atom stereocenters. The zero-order chi connectivity index (χ0) is 22.8. The number of carbonyl (C=O) groups excluding carboxylic acids is 2. The van der Waals surface area contributed by atoms with Gasteiger partial charge >= 0.3 is 0 Å². The van der Waals surface area contributed by atoms with Gasteiger partial charge in [0.25, 0.3) is 11.7 Å². The maximum absolute atomic E-state index is 13.4. The monoisotopic (exact) mass is 441 g/mol. The lowest BCUT2D eigenvalue weighted by molar-refractivity contribution is -0.140. The molecule has 2 aromatic rings. The Bertz CT molecular complexity index is 1060. The van der Waals surface area contributed by atoms with Gasteiger partial charge in [0, 0.05) is 24.3 Å². The molecule has 2 atom stereocenters. The summed E-state index contributed by atoms with van der Waals surface area (Å²) < 4.78 is 30.0. The molecule has 168 valence electrons. The molecule has 2 aliphatic rings. The van der Waals surface area contributed by atoms with Crippen LogP contribution in [0.5, 0.6) is 11.5 Å². The number of ketones is 1. The van der Waals surface area contributed by atoms with Gasteiger partial charge in [0.05, 0.1) is 31.9 Å². The Labute approximate surface area is 185 Å². The Kier molecular flexibility index (Phi) is 6.14. The van der Waals surface area contributed by atoms with Crippen molar-refractivity contribution in [2.75, 3.05) is 27.4 Å². The minimum Gasteiger partial charge on any atom is -0.507 e. The number of aliphatic hydroxyl groups excluding tert-OH is 1. The van der Waals surface area contributed by atoms with E-state index in [1.165, 1.54) is 43.4 Å². The quantitative estimate of drug-likeness (QED) is 0.420. The Morgan fingerprint density at radius 3 is 2.53 bits per heavy atom. The molecule has 1 amide bonds. The largest absolute Gasteiger partial charge is 0.507 e. The number of hydrogen-bond donors (Lipinski definition) is 1. The SMILES string of the molecule is COc1ccc(OC)c(C2C(=C(O)c3ccc(F)cc3)C(=O)C(=O)N2CC2CCCO2)c1. The highest BCUT2D eigenvalue weighted by molar-refractivity contribution is 6.46. The van der Waals surface area contributed by atoms with Gasteiger partial charge in [-0.25, -0.2) is 4.39 Å². The van der Waals surface area contributed by atoms with E-state index in [4.69, 9.17) is 14.2 Å². The summed E-state index contributed by atoms with van der Waals surface area (Å²) in [7, 11) is 2.99. The van der Waals surface area contributed by atoms with Gasteiger partial charge in [0.2, 0.25) is 0 Å². The van der Waals surface area contributed by atoms with Crippen LogP contribution in [0.3, 0.4) is 0 Å². The van der Waals surface area contributed by atoms with Gasteiger partial charge < -0.3 is 24.2 Å². The first-order valence-corrected chi connectivity index (χ1v) is 10.3. The summed E-state index contributed by atoms with van der Waals surface area (Å²) in [6.45, 7) is 0.785. The fourth-order valence-corrected chi connectivity index (χ4v) is 4.22. The number of ether oxygens (including phenoxy) is 3. The number of hydrogen-bond acceptors (Lipinski definition) is 6. The second-order valence-electron chi connectivity index (χ2n) is 7.70. The van der Waals surface area contributed by atoms with Crippen LogP contribution in [0.2, 0.25) is 0 Å². The fraction of sp³-hybridized carbons (Fsp3) is 0.333. The maximum atomic E-state index is 13.4. The van der Waals surface area contributed by atoms with Crippen LogP contribution in [0.25, 0.3) is 5.76 Å². The first-order chi connectivity index (χ1) is 15.4. The number of benzene rings is 2. The van der Waals surface area contributed by atoms with Crippen molar-refractivity contribution in [2.45, 2.75) is 25.0 Å². The third-order valence-electron chi connectivity index (χ3n) is 5.81. The van der Waals surface area contributed by atoms with Gasteiger partial charge in [0.1, 0.15) is 23.1 Å². The van der Waals surface area contributed by atoms with E-state index in [2.05, 4.69) is 0 Å². The van der Waals surface area contributed by atoms with Gasteiger partial charge in [-0.15, -0.1) is 0 Å². The maximum Gasteiger partial charge on any atom is 0.295 e. The molecule has 8 heteroatoms. The van der Waals surface area contributed by atoms with E-state index in [0.717, 1.165) is 12.8 Å². The lowest BCUT2D eigenvalue weighted by Gasteiger charge is -2.28. The number of rotatable bonds is 6. The van der Waals surface area contributed by atoms with Crippen molar-refractivity contribution in [2.24, 2.45) is 0 Å². The van der Waals surface area contributed by atoms with Gasteiger partial charge in [-0.3, -0.25) is 9.59 Å². The minimum atomic E-state index is -0.922. The van der Waals surface area contributed by atoms with E-state index in [-0.39, 0.29) is 29.5 Å². The predicted molar refractivity (Wildman–Crippen MR) is 114 cm³/mol. The highest BCUT2D eigenvalue weighted by atomic mass is 19.1. The van der Waals surface area contributed by atoms with Crippen LogP contribution in [0, 0.1) is 5.82 Å². The lowest BCUT2D eigenvalue weighted by atomic mass is 9.94. The molecule has 2 fully saturated rings. The summed E-state index contributed by atoms with van der Waals surface area (Å²) >= 11 is 0. The smallest absolute Gasteiger partial charge is 0.295 e. The van der Waals surface area contributed by atoms with Crippen molar-refractivity contribution >= 4 is 17.4 Å². The lowest BCUT2D eigenvalue weighted by Crippen LogP contribution is -2.36. The second-order valence-corrected chi connectivity index (χ2v) is 7.70. The predicted octanol–water partition coefficient (Wildman–Crippen LogP) is 3.44. The van der Waals surface area contributed by atoms with Crippen molar-refractivity contribution in [3.63, 3.8) is 0 Å².